The zero-order valence-corrected chi connectivity index (χ0v) is 8.79. The average molecular weight is 208 g/mol. The van der Waals surface area contributed by atoms with Gasteiger partial charge < -0.3 is 4.74 Å². The Labute approximate surface area is 88.4 Å². The highest BCUT2D eigenvalue weighted by atomic mass is 19.1. The molecule has 1 aromatic carbocycles. The molecule has 0 radical (unpaired) electrons. The van der Waals surface area contributed by atoms with Crippen molar-refractivity contribution in [3.8, 4) is 0 Å². The summed E-state index contributed by atoms with van der Waals surface area (Å²) < 4.78 is 17.2. The van der Waals surface area contributed by atoms with Gasteiger partial charge in [0.1, 0.15) is 5.82 Å². The van der Waals surface area contributed by atoms with E-state index in [9.17, 15) is 9.18 Å². The van der Waals surface area contributed by atoms with Gasteiger partial charge in [-0.15, -0.1) is 0 Å². The molecule has 0 atom stereocenters. The number of methoxy groups -OCH3 is 1. The molecule has 0 aliphatic carbocycles. The number of carbonyl (C=O) groups is 1. The van der Waals surface area contributed by atoms with Gasteiger partial charge in [0.25, 0.3) is 0 Å². The zero-order valence-electron chi connectivity index (χ0n) is 8.79. The molecule has 0 heterocycles. The molecule has 0 aromatic heterocycles. The van der Waals surface area contributed by atoms with Crippen LogP contribution in [0, 0.1) is 5.82 Å². The van der Waals surface area contributed by atoms with Crippen LogP contribution in [0.3, 0.4) is 0 Å². The van der Waals surface area contributed by atoms with Crippen molar-refractivity contribution < 1.29 is 13.9 Å². The monoisotopic (exact) mass is 208 g/mol. The summed E-state index contributed by atoms with van der Waals surface area (Å²) in [7, 11) is 1.33. The summed E-state index contributed by atoms with van der Waals surface area (Å²) in [5.41, 5.74) is 1.67. The van der Waals surface area contributed by atoms with Crippen molar-refractivity contribution in [2.75, 3.05) is 7.11 Å². The molecule has 0 amide bonds. The Kier molecular flexibility index (Phi) is 4.03. The van der Waals surface area contributed by atoms with Crippen LogP contribution in [-0.4, -0.2) is 13.1 Å². The first-order chi connectivity index (χ1) is 7.17. The van der Waals surface area contributed by atoms with Crippen LogP contribution < -0.4 is 0 Å². The number of ether oxygens (including phenoxy) is 1. The largest absolute Gasteiger partial charge is 0.466 e. The summed E-state index contributed by atoms with van der Waals surface area (Å²) >= 11 is 0. The molecule has 0 saturated heterocycles. The van der Waals surface area contributed by atoms with Gasteiger partial charge in [-0.2, -0.15) is 0 Å². The molecular formula is C12H13FO2. The molecule has 15 heavy (non-hydrogen) atoms. The fraction of sp³-hybridized carbons (Fsp3) is 0.250. The highest BCUT2D eigenvalue weighted by molar-refractivity contribution is 5.91. The highest BCUT2D eigenvalue weighted by Crippen LogP contribution is 2.18. The van der Waals surface area contributed by atoms with E-state index in [1.165, 1.54) is 25.3 Å². The Balaban J connectivity index is 2.97. The molecule has 1 aromatic rings. The number of carbonyl (C=O) groups excluding carboxylic acids is 1. The van der Waals surface area contributed by atoms with Gasteiger partial charge in [0, 0.05) is 6.08 Å². The molecule has 0 fully saturated rings. The molecule has 0 aliphatic heterocycles. The lowest BCUT2D eigenvalue weighted by Gasteiger charge is -2.04. The lowest BCUT2D eigenvalue weighted by Crippen LogP contribution is -1.96. The standard InChI is InChI=1S/C12H13FO2/c1-3-9(8-12(14)15-2)10-4-6-11(13)7-5-10/h4-8H,3H2,1-2H3. The second-order valence-corrected chi connectivity index (χ2v) is 3.05. The minimum atomic E-state index is -0.392. The van der Waals surface area contributed by atoms with Crippen molar-refractivity contribution in [2.24, 2.45) is 0 Å². The second kappa shape index (κ2) is 5.29. The van der Waals surface area contributed by atoms with E-state index in [2.05, 4.69) is 4.74 Å². The van der Waals surface area contributed by atoms with Crippen molar-refractivity contribution in [3.63, 3.8) is 0 Å². The molecule has 0 saturated carbocycles. The molecule has 0 spiro atoms. The minimum absolute atomic E-state index is 0.285. The molecule has 0 N–H and O–H groups in total. The van der Waals surface area contributed by atoms with Gasteiger partial charge in [0.05, 0.1) is 7.11 Å². The van der Waals surface area contributed by atoms with Crippen LogP contribution >= 0.6 is 0 Å². The number of benzene rings is 1. The van der Waals surface area contributed by atoms with Crippen molar-refractivity contribution in [1.29, 1.82) is 0 Å². The molecule has 2 nitrogen and oxygen atoms in total. The lowest BCUT2D eigenvalue weighted by atomic mass is 10.0. The summed E-state index contributed by atoms with van der Waals surface area (Å²) in [4.78, 5) is 11.0. The Morgan fingerprint density at radius 3 is 2.47 bits per heavy atom. The molecule has 0 bridgehead atoms. The van der Waals surface area contributed by atoms with E-state index >= 15 is 0 Å². The maximum Gasteiger partial charge on any atom is 0.330 e. The lowest BCUT2D eigenvalue weighted by molar-refractivity contribution is -0.134. The van der Waals surface area contributed by atoms with E-state index in [0.717, 1.165) is 11.1 Å². The van der Waals surface area contributed by atoms with E-state index in [0.29, 0.717) is 6.42 Å². The predicted octanol–water partition coefficient (Wildman–Crippen LogP) is 2.79. The third-order valence-electron chi connectivity index (χ3n) is 2.09. The summed E-state index contributed by atoms with van der Waals surface area (Å²) in [6, 6.07) is 6.04. The van der Waals surface area contributed by atoms with E-state index in [4.69, 9.17) is 0 Å². The number of rotatable bonds is 3. The van der Waals surface area contributed by atoms with E-state index in [-0.39, 0.29) is 5.82 Å². The first kappa shape index (κ1) is 11.4. The van der Waals surface area contributed by atoms with E-state index in [1.54, 1.807) is 12.1 Å². The third kappa shape index (κ3) is 3.20. The normalized spacial score (nSPS) is 11.3. The Hall–Kier alpha value is -1.64. The van der Waals surface area contributed by atoms with Gasteiger partial charge in [-0.05, 0) is 29.7 Å². The van der Waals surface area contributed by atoms with Crippen LogP contribution in [0.15, 0.2) is 30.3 Å². The Bertz CT molecular complexity index is 366. The molecule has 0 unspecified atom stereocenters. The predicted molar refractivity (Wildman–Crippen MR) is 56.7 cm³/mol. The van der Waals surface area contributed by atoms with Gasteiger partial charge in [-0.3, -0.25) is 0 Å². The summed E-state index contributed by atoms with van der Waals surface area (Å²) in [5, 5.41) is 0. The Morgan fingerprint density at radius 1 is 1.40 bits per heavy atom. The van der Waals surface area contributed by atoms with Crippen molar-refractivity contribution in [2.45, 2.75) is 13.3 Å². The zero-order chi connectivity index (χ0) is 11.3. The summed E-state index contributed by atoms with van der Waals surface area (Å²) in [6.07, 6.45) is 2.12. The fourth-order valence-corrected chi connectivity index (χ4v) is 1.25. The third-order valence-corrected chi connectivity index (χ3v) is 2.09. The van der Waals surface area contributed by atoms with Crippen LogP contribution in [0.25, 0.3) is 5.57 Å². The number of halogens is 1. The smallest absolute Gasteiger partial charge is 0.330 e. The van der Waals surface area contributed by atoms with Gasteiger partial charge in [0.2, 0.25) is 0 Å². The minimum Gasteiger partial charge on any atom is -0.466 e. The Morgan fingerprint density at radius 2 is 2.00 bits per heavy atom. The van der Waals surface area contributed by atoms with E-state index in [1.807, 2.05) is 6.92 Å². The van der Waals surface area contributed by atoms with E-state index < -0.39 is 5.97 Å². The second-order valence-electron chi connectivity index (χ2n) is 3.05. The quantitative estimate of drug-likeness (QED) is 0.564. The fourth-order valence-electron chi connectivity index (χ4n) is 1.25. The van der Waals surface area contributed by atoms with Crippen LogP contribution in [-0.2, 0) is 9.53 Å². The highest BCUT2D eigenvalue weighted by Gasteiger charge is 2.03. The number of allylic oxidation sites excluding steroid dienone is 1. The van der Waals surface area contributed by atoms with Crippen LogP contribution in [0.5, 0.6) is 0 Å². The summed E-state index contributed by atoms with van der Waals surface area (Å²) in [6.45, 7) is 1.93. The SMILES string of the molecule is CCC(=CC(=O)OC)c1ccc(F)cc1. The van der Waals surface area contributed by atoms with Gasteiger partial charge in [-0.1, -0.05) is 19.1 Å². The topological polar surface area (TPSA) is 26.3 Å². The molecule has 3 heteroatoms. The molecular weight excluding hydrogens is 195 g/mol. The van der Waals surface area contributed by atoms with Gasteiger partial charge in [-0.25, -0.2) is 9.18 Å². The van der Waals surface area contributed by atoms with Crippen LogP contribution in [0.2, 0.25) is 0 Å². The first-order valence-corrected chi connectivity index (χ1v) is 4.71. The van der Waals surface area contributed by atoms with Crippen LogP contribution in [0.1, 0.15) is 18.9 Å². The maximum absolute atomic E-state index is 12.7. The molecule has 1 rings (SSSR count). The van der Waals surface area contributed by atoms with Gasteiger partial charge in [0.15, 0.2) is 0 Å². The number of esters is 1. The van der Waals surface area contributed by atoms with Crippen molar-refractivity contribution in [3.05, 3.63) is 41.7 Å². The van der Waals surface area contributed by atoms with Crippen molar-refractivity contribution in [1.82, 2.24) is 0 Å². The summed E-state index contributed by atoms with van der Waals surface area (Å²) in [5.74, 6) is -0.677. The molecule has 0 aliphatic rings. The molecule has 80 valence electrons. The maximum atomic E-state index is 12.7. The van der Waals surface area contributed by atoms with Gasteiger partial charge >= 0.3 is 5.97 Å². The van der Waals surface area contributed by atoms with Crippen molar-refractivity contribution >= 4 is 11.5 Å². The average Bonchev–Trinajstić information content (AvgIpc) is 2.27. The number of hydrogen-bond acceptors (Lipinski definition) is 2. The number of hydrogen-bond donors (Lipinski definition) is 0. The first-order valence-electron chi connectivity index (χ1n) is 4.71. The van der Waals surface area contributed by atoms with Crippen LogP contribution in [0.4, 0.5) is 4.39 Å².